The van der Waals surface area contributed by atoms with Crippen molar-refractivity contribution in [1.82, 2.24) is 0 Å². The van der Waals surface area contributed by atoms with Gasteiger partial charge in [-0.25, -0.2) is 0 Å². The minimum absolute atomic E-state index is 0.620. The summed E-state index contributed by atoms with van der Waals surface area (Å²) in [6.07, 6.45) is 3.89. The van der Waals surface area contributed by atoms with Crippen molar-refractivity contribution >= 4 is 41.3 Å². The Morgan fingerprint density at radius 1 is 0.500 bits per heavy atom. The van der Waals surface area contributed by atoms with Gasteiger partial charge in [0.15, 0.2) is 0 Å². The molecule has 0 saturated heterocycles. The highest BCUT2D eigenvalue weighted by atomic mass is 16.1. The number of hydrogen-bond donors (Lipinski definition) is 0. The Balaban J connectivity index is 1.55. The Hall–Kier alpha value is -5.02. The van der Waals surface area contributed by atoms with Crippen LogP contribution >= 0.6 is 0 Å². The molecular weight excluding hydrogens is 466 g/mol. The summed E-state index contributed by atoms with van der Waals surface area (Å²) in [5, 5.41) is 0. The Labute approximate surface area is 223 Å². The highest BCUT2D eigenvalue weighted by molar-refractivity contribution is 5.92. The van der Waals surface area contributed by atoms with E-state index < -0.39 is 0 Å². The van der Waals surface area contributed by atoms with Crippen LogP contribution in [0.25, 0.3) is 11.6 Å². The predicted octanol–water partition coefficient (Wildman–Crippen LogP) is 8.68. The average Bonchev–Trinajstić information content (AvgIpc) is 2.98. The van der Waals surface area contributed by atoms with E-state index in [1.165, 1.54) is 5.56 Å². The molecule has 0 heterocycles. The molecule has 0 fully saturated rings. The first-order valence-electron chi connectivity index (χ1n) is 12.5. The second kappa shape index (κ2) is 11.4. The molecule has 38 heavy (non-hydrogen) atoms. The molecular formula is C35H27NO2. The van der Waals surface area contributed by atoms with Crippen LogP contribution in [-0.2, 0) is 0 Å². The molecule has 0 atom stereocenters. The van der Waals surface area contributed by atoms with Gasteiger partial charge in [-0.1, -0.05) is 72.3 Å². The maximum atomic E-state index is 11.2. The fraction of sp³-hybridized carbons (Fsp3) is 0.0286. The molecule has 5 aromatic carbocycles. The monoisotopic (exact) mass is 493 g/mol. The van der Waals surface area contributed by atoms with Crippen molar-refractivity contribution in [3.05, 3.63) is 161 Å². The number of carbonyl (C=O) groups excluding carboxylic acids is 2. The largest absolute Gasteiger partial charge is 0.311 e. The summed E-state index contributed by atoms with van der Waals surface area (Å²) in [6, 6.07) is 42.3. The van der Waals surface area contributed by atoms with Gasteiger partial charge in [0.1, 0.15) is 12.6 Å². The normalized spacial score (nSPS) is 11.1. The van der Waals surface area contributed by atoms with E-state index in [0.29, 0.717) is 11.1 Å². The lowest BCUT2D eigenvalue weighted by molar-refractivity contribution is 0.111. The van der Waals surface area contributed by atoms with Crippen molar-refractivity contribution in [3.63, 3.8) is 0 Å². The van der Waals surface area contributed by atoms with Crippen LogP contribution in [0, 0.1) is 6.92 Å². The van der Waals surface area contributed by atoms with E-state index in [1.807, 2.05) is 30.3 Å². The first kappa shape index (κ1) is 24.7. The summed E-state index contributed by atoms with van der Waals surface area (Å²) in [4.78, 5) is 24.5. The van der Waals surface area contributed by atoms with E-state index in [2.05, 4.69) is 90.7 Å². The molecule has 184 valence electrons. The third kappa shape index (κ3) is 5.53. The zero-order chi connectivity index (χ0) is 26.3. The molecule has 5 rings (SSSR count). The van der Waals surface area contributed by atoms with Gasteiger partial charge in [0.25, 0.3) is 0 Å². The molecule has 0 aliphatic carbocycles. The number of aldehydes is 2. The summed E-state index contributed by atoms with van der Waals surface area (Å²) < 4.78 is 0. The summed E-state index contributed by atoms with van der Waals surface area (Å²) in [5.41, 5.74) is 9.84. The summed E-state index contributed by atoms with van der Waals surface area (Å²) >= 11 is 0. The van der Waals surface area contributed by atoms with Crippen molar-refractivity contribution in [2.75, 3.05) is 4.90 Å². The quantitative estimate of drug-likeness (QED) is 0.160. The third-order valence-electron chi connectivity index (χ3n) is 6.48. The van der Waals surface area contributed by atoms with Gasteiger partial charge in [-0.05, 0) is 95.9 Å². The van der Waals surface area contributed by atoms with Gasteiger partial charge >= 0.3 is 0 Å². The van der Waals surface area contributed by atoms with E-state index >= 15 is 0 Å². The number of rotatable bonds is 8. The zero-order valence-electron chi connectivity index (χ0n) is 21.1. The average molecular weight is 494 g/mol. The third-order valence-corrected chi connectivity index (χ3v) is 6.48. The van der Waals surface area contributed by atoms with Gasteiger partial charge in [0.05, 0.1) is 0 Å². The fourth-order valence-electron chi connectivity index (χ4n) is 4.42. The highest BCUT2D eigenvalue weighted by Crippen LogP contribution is 2.35. The molecule has 5 aromatic rings. The van der Waals surface area contributed by atoms with Gasteiger partial charge in [-0.3, -0.25) is 9.59 Å². The van der Waals surface area contributed by atoms with Crippen molar-refractivity contribution in [3.8, 4) is 0 Å². The second-order valence-corrected chi connectivity index (χ2v) is 9.14. The predicted molar refractivity (Wildman–Crippen MR) is 156 cm³/mol. The Morgan fingerprint density at radius 3 is 1.37 bits per heavy atom. The van der Waals surface area contributed by atoms with Gasteiger partial charge in [0, 0.05) is 28.2 Å². The van der Waals surface area contributed by atoms with Gasteiger partial charge < -0.3 is 4.90 Å². The van der Waals surface area contributed by atoms with Gasteiger partial charge in [0.2, 0.25) is 0 Å². The van der Waals surface area contributed by atoms with Crippen molar-refractivity contribution in [1.29, 1.82) is 0 Å². The molecule has 0 aliphatic heterocycles. The van der Waals surface area contributed by atoms with E-state index in [0.717, 1.165) is 51.9 Å². The van der Waals surface area contributed by atoms with Crippen LogP contribution in [0.1, 0.15) is 43.0 Å². The van der Waals surface area contributed by atoms with Crippen LogP contribution in [-0.4, -0.2) is 12.6 Å². The molecule has 0 radical (unpaired) electrons. The lowest BCUT2D eigenvalue weighted by Gasteiger charge is -2.25. The molecule has 0 bridgehead atoms. The van der Waals surface area contributed by atoms with Gasteiger partial charge in [-0.2, -0.15) is 0 Å². The summed E-state index contributed by atoms with van der Waals surface area (Å²) in [6.45, 7) is 2.10. The van der Waals surface area contributed by atoms with Crippen LogP contribution in [0.3, 0.4) is 0 Å². The van der Waals surface area contributed by atoms with Crippen LogP contribution < -0.4 is 4.90 Å². The zero-order valence-corrected chi connectivity index (χ0v) is 21.1. The maximum absolute atomic E-state index is 11.2. The summed E-state index contributed by atoms with van der Waals surface area (Å²) in [7, 11) is 0. The van der Waals surface area contributed by atoms with E-state index in [4.69, 9.17) is 0 Å². The van der Waals surface area contributed by atoms with E-state index in [-0.39, 0.29) is 0 Å². The van der Waals surface area contributed by atoms with E-state index in [9.17, 15) is 9.59 Å². The molecule has 3 heteroatoms. The molecule has 0 unspecified atom stereocenters. The first-order chi connectivity index (χ1) is 18.6. The molecule has 0 aromatic heterocycles. The molecule has 0 N–H and O–H groups in total. The number of anilines is 3. The van der Waals surface area contributed by atoms with Crippen LogP contribution in [0.15, 0.2) is 127 Å². The number of nitrogens with zero attached hydrogens (tertiary/aromatic N) is 1. The number of aryl methyl sites for hydroxylation is 1. The molecule has 3 nitrogen and oxygen atoms in total. The minimum atomic E-state index is 0.620. The number of benzene rings is 5. The van der Waals surface area contributed by atoms with E-state index in [1.54, 1.807) is 24.3 Å². The Bertz CT molecular complexity index is 1500. The molecule has 0 amide bonds. The fourth-order valence-corrected chi connectivity index (χ4v) is 4.42. The van der Waals surface area contributed by atoms with Gasteiger partial charge in [-0.15, -0.1) is 0 Å². The summed E-state index contributed by atoms with van der Waals surface area (Å²) in [5.74, 6) is 0. The topological polar surface area (TPSA) is 37.4 Å². The Morgan fingerprint density at radius 2 is 0.921 bits per heavy atom. The van der Waals surface area contributed by atoms with Crippen molar-refractivity contribution < 1.29 is 9.59 Å². The lowest BCUT2D eigenvalue weighted by Crippen LogP contribution is -2.10. The highest BCUT2D eigenvalue weighted by Gasteiger charge is 2.13. The molecule has 0 spiro atoms. The van der Waals surface area contributed by atoms with Crippen LogP contribution in [0.4, 0.5) is 17.1 Å². The first-order valence-corrected chi connectivity index (χ1v) is 12.5. The molecule has 0 saturated carbocycles. The standard InChI is InChI=1S/C35H27NO2/c1-26-7-15-31(16-8-26)35(30-5-3-2-4-6-30)23-27-9-17-32(18-10-27)36(33-19-11-28(24-37)12-20-33)34-21-13-29(25-38)14-22-34/h2-25H,1H3/b35-23+. The minimum Gasteiger partial charge on any atom is -0.311 e. The van der Waals surface area contributed by atoms with Crippen LogP contribution in [0.5, 0.6) is 0 Å². The number of carbonyl (C=O) groups is 2. The Kier molecular flexibility index (Phi) is 7.37. The maximum Gasteiger partial charge on any atom is 0.150 e. The molecule has 0 aliphatic rings. The van der Waals surface area contributed by atoms with Crippen molar-refractivity contribution in [2.45, 2.75) is 6.92 Å². The van der Waals surface area contributed by atoms with Crippen LogP contribution in [0.2, 0.25) is 0 Å². The SMILES string of the molecule is Cc1ccc(/C(=C/c2ccc(N(c3ccc(C=O)cc3)c3ccc(C=O)cc3)cc2)c2ccccc2)cc1. The lowest BCUT2D eigenvalue weighted by atomic mass is 9.95. The smallest absolute Gasteiger partial charge is 0.150 e. The number of hydrogen-bond acceptors (Lipinski definition) is 3. The second-order valence-electron chi connectivity index (χ2n) is 9.14. The van der Waals surface area contributed by atoms with Crippen molar-refractivity contribution in [2.24, 2.45) is 0 Å².